The Balaban J connectivity index is 2.63. The lowest BCUT2D eigenvalue weighted by Crippen LogP contribution is -2.32. The van der Waals surface area contributed by atoms with Gasteiger partial charge in [-0.1, -0.05) is 13.8 Å². The van der Waals surface area contributed by atoms with Crippen LogP contribution in [0.2, 0.25) is 0 Å². The highest BCUT2D eigenvalue weighted by Crippen LogP contribution is 2.19. The van der Waals surface area contributed by atoms with Crippen molar-refractivity contribution < 1.29 is 9.59 Å². The Labute approximate surface area is 125 Å². The van der Waals surface area contributed by atoms with E-state index in [1.54, 1.807) is 18.2 Å². The molecule has 0 atom stereocenters. The summed E-state index contributed by atoms with van der Waals surface area (Å²) in [6.45, 7) is 7.23. The molecule has 0 saturated carbocycles. The van der Waals surface area contributed by atoms with Crippen LogP contribution < -0.4 is 21.7 Å². The molecule has 1 rings (SSSR count). The van der Waals surface area contributed by atoms with Gasteiger partial charge in [0.2, 0.25) is 5.91 Å². The van der Waals surface area contributed by atoms with Gasteiger partial charge in [-0.25, -0.2) is 0 Å². The van der Waals surface area contributed by atoms with Crippen molar-refractivity contribution >= 4 is 23.2 Å². The van der Waals surface area contributed by atoms with E-state index in [1.165, 1.54) is 0 Å². The van der Waals surface area contributed by atoms with E-state index < -0.39 is 0 Å². The van der Waals surface area contributed by atoms with Crippen molar-refractivity contribution in [1.29, 1.82) is 0 Å². The topological polar surface area (TPSA) is 96.2 Å². The van der Waals surface area contributed by atoms with Crippen LogP contribution in [0.15, 0.2) is 18.2 Å². The molecule has 0 heterocycles. The van der Waals surface area contributed by atoms with Crippen molar-refractivity contribution in [2.24, 2.45) is 5.92 Å². The third-order valence-electron chi connectivity index (χ3n) is 2.80. The smallest absolute Gasteiger partial charge is 0.251 e. The van der Waals surface area contributed by atoms with Gasteiger partial charge < -0.3 is 21.7 Å². The number of carbonyl (C=O) groups excluding carboxylic acids is 2. The van der Waals surface area contributed by atoms with Gasteiger partial charge in [0.05, 0.1) is 17.9 Å². The third kappa shape index (κ3) is 5.72. The lowest BCUT2D eigenvalue weighted by molar-refractivity contribution is -0.119. The molecule has 0 spiro atoms. The Morgan fingerprint density at radius 2 is 1.95 bits per heavy atom. The average molecular weight is 292 g/mol. The van der Waals surface area contributed by atoms with Crippen LogP contribution in [0, 0.1) is 5.92 Å². The SMILES string of the molecule is CCNC(=O)c1ccc(N)c(NCC(=O)NCC(C)C)c1. The lowest BCUT2D eigenvalue weighted by Gasteiger charge is -2.12. The second-order valence-corrected chi connectivity index (χ2v) is 5.21. The predicted octanol–water partition coefficient (Wildman–Crippen LogP) is 1.20. The minimum atomic E-state index is -0.162. The molecule has 6 heteroatoms. The first-order valence-corrected chi connectivity index (χ1v) is 7.12. The summed E-state index contributed by atoms with van der Waals surface area (Å²) in [6.07, 6.45) is 0. The molecule has 0 aliphatic rings. The Bertz CT molecular complexity index is 500. The maximum Gasteiger partial charge on any atom is 0.251 e. The van der Waals surface area contributed by atoms with E-state index in [2.05, 4.69) is 16.0 Å². The molecule has 2 amide bonds. The highest BCUT2D eigenvalue weighted by molar-refractivity contribution is 5.96. The van der Waals surface area contributed by atoms with Gasteiger partial charge in [0.25, 0.3) is 5.91 Å². The van der Waals surface area contributed by atoms with Gasteiger partial charge >= 0.3 is 0 Å². The van der Waals surface area contributed by atoms with Crippen molar-refractivity contribution in [2.75, 3.05) is 30.7 Å². The summed E-state index contributed by atoms with van der Waals surface area (Å²) >= 11 is 0. The van der Waals surface area contributed by atoms with Crippen molar-refractivity contribution in [2.45, 2.75) is 20.8 Å². The van der Waals surface area contributed by atoms with E-state index in [0.717, 1.165) is 0 Å². The molecular weight excluding hydrogens is 268 g/mol. The van der Waals surface area contributed by atoms with E-state index in [0.29, 0.717) is 35.9 Å². The molecule has 0 aliphatic carbocycles. The zero-order chi connectivity index (χ0) is 15.8. The van der Waals surface area contributed by atoms with Gasteiger partial charge in [-0.05, 0) is 31.0 Å². The molecule has 0 aromatic heterocycles. The number of hydrogen-bond acceptors (Lipinski definition) is 4. The minimum Gasteiger partial charge on any atom is -0.397 e. The lowest BCUT2D eigenvalue weighted by atomic mass is 10.1. The monoisotopic (exact) mass is 292 g/mol. The zero-order valence-corrected chi connectivity index (χ0v) is 12.8. The minimum absolute atomic E-state index is 0.105. The standard InChI is InChI=1S/C15H24N4O2/c1-4-17-15(21)11-5-6-12(16)13(7-11)18-9-14(20)19-8-10(2)3/h5-7,10,18H,4,8-9,16H2,1-3H3,(H,17,21)(H,19,20). The third-order valence-corrected chi connectivity index (χ3v) is 2.80. The first-order chi connectivity index (χ1) is 9.93. The molecule has 21 heavy (non-hydrogen) atoms. The molecule has 1 aromatic rings. The van der Waals surface area contributed by atoms with Crippen LogP contribution in [-0.4, -0.2) is 31.4 Å². The summed E-state index contributed by atoms with van der Waals surface area (Å²) in [4.78, 5) is 23.4. The van der Waals surface area contributed by atoms with E-state index >= 15 is 0 Å². The van der Waals surface area contributed by atoms with Gasteiger partial charge in [0, 0.05) is 18.7 Å². The molecule has 116 valence electrons. The van der Waals surface area contributed by atoms with Crippen LogP contribution in [0.3, 0.4) is 0 Å². The van der Waals surface area contributed by atoms with E-state index in [4.69, 9.17) is 5.73 Å². The normalized spacial score (nSPS) is 10.3. The first-order valence-electron chi connectivity index (χ1n) is 7.12. The fourth-order valence-corrected chi connectivity index (χ4v) is 1.67. The average Bonchev–Trinajstić information content (AvgIpc) is 2.44. The van der Waals surface area contributed by atoms with Crippen LogP contribution in [0.4, 0.5) is 11.4 Å². The summed E-state index contributed by atoms with van der Waals surface area (Å²) in [6, 6.07) is 4.96. The Hall–Kier alpha value is -2.24. The highest BCUT2D eigenvalue weighted by Gasteiger charge is 2.09. The van der Waals surface area contributed by atoms with Crippen molar-refractivity contribution in [3.05, 3.63) is 23.8 Å². The quantitative estimate of drug-likeness (QED) is 0.568. The summed E-state index contributed by atoms with van der Waals surface area (Å²) in [7, 11) is 0. The van der Waals surface area contributed by atoms with Gasteiger partial charge in [-0.3, -0.25) is 9.59 Å². The molecule has 0 saturated heterocycles. The zero-order valence-electron chi connectivity index (χ0n) is 12.8. The Morgan fingerprint density at radius 3 is 2.57 bits per heavy atom. The number of amides is 2. The van der Waals surface area contributed by atoms with Gasteiger partial charge in [0.1, 0.15) is 0 Å². The number of hydrogen-bond donors (Lipinski definition) is 4. The summed E-state index contributed by atoms with van der Waals surface area (Å²) < 4.78 is 0. The van der Waals surface area contributed by atoms with Crippen molar-refractivity contribution in [3.8, 4) is 0 Å². The number of benzene rings is 1. The molecular formula is C15H24N4O2. The molecule has 0 unspecified atom stereocenters. The van der Waals surface area contributed by atoms with Crippen LogP contribution >= 0.6 is 0 Å². The molecule has 5 N–H and O–H groups in total. The number of anilines is 2. The van der Waals surface area contributed by atoms with Gasteiger partial charge in [0.15, 0.2) is 0 Å². The second kappa shape index (κ2) is 8.14. The fourth-order valence-electron chi connectivity index (χ4n) is 1.67. The molecule has 1 aromatic carbocycles. The van der Waals surface area contributed by atoms with E-state index in [9.17, 15) is 9.59 Å². The number of rotatable bonds is 7. The van der Waals surface area contributed by atoms with Crippen molar-refractivity contribution in [1.82, 2.24) is 10.6 Å². The maximum atomic E-state index is 11.8. The largest absolute Gasteiger partial charge is 0.397 e. The highest BCUT2D eigenvalue weighted by atomic mass is 16.2. The Kier molecular flexibility index (Phi) is 6.52. The van der Waals surface area contributed by atoms with Gasteiger partial charge in [-0.2, -0.15) is 0 Å². The van der Waals surface area contributed by atoms with Crippen LogP contribution in [-0.2, 0) is 4.79 Å². The maximum absolute atomic E-state index is 11.8. The van der Waals surface area contributed by atoms with Crippen LogP contribution in [0.5, 0.6) is 0 Å². The molecule has 0 bridgehead atoms. The van der Waals surface area contributed by atoms with Gasteiger partial charge in [-0.15, -0.1) is 0 Å². The molecule has 0 aliphatic heterocycles. The number of nitrogens with two attached hydrogens (primary N) is 1. The summed E-state index contributed by atoms with van der Waals surface area (Å²) in [5.41, 5.74) is 7.44. The predicted molar refractivity (Wildman–Crippen MR) is 85.2 cm³/mol. The van der Waals surface area contributed by atoms with E-state index in [1.807, 2.05) is 20.8 Å². The van der Waals surface area contributed by atoms with Crippen molar-refractivity contribution in [3.63, 3.8) is 0 Å². The number of carbonyl (C=O) groups is 2. The number of nitrogens with one attached hydrogen (secondary N) is 3. The number of nitrogen functional groups attached to an aromatic ring is 1. The fraction of sp³-hybridized carbons (Fsp3) is 0.467. The van der Waals surface area contributed by atoms with Crippen LogP contribution in [0.1, 0.15) is 31.1 Å². The molecule has 0 fully saturated rings. The second-order valence-electron chi connectivity index (χ2n) is 5.21. The molecule has 0 radical (unpaired) electrons. The van der Waals surface area contributed by atoms with E-state index in [-0.39, 0.29) is 18.4 Å². The Morgan fingerprint density at radius 1 is 1.24 bits per heavy atom. The molecule has 6 nitrogen and oxygen atoms in total. The van der Waals surface area contributed by atoms with Crippen LogP contribution in [0.25, 0.3) is 0 Å². The summed E-state index contributed by atoms with van der Waals surface area (Å²) in [5, 5.41) is 8.48. The summed E-state index contributed by atoms with van der Waals surface area (Å²) in [5.74, 6) is 0.136. The first kappa shape index (κ1) is 16.8.